The van der Waals surface area contributed by atoms with Crippen LogP contribution in [-0.2, 0) is 11.0 Å². The zero-order valence-electron chi connectivity index (χ0n) is 11.9. The normalized spacial score (nSPS) is 11.3. The van der Waals surface area contributed by atoms with E-state index in [1.807, 2.05) is 0 Å². The van der Waals surface area contributed by atoms with E-state index in [0.717, 1.165) is 0 Å². The van der Waals surface area contributed by atoms with E-state index in [4.69, 9.17) is 22.1 Å². The molecule has 0 aliphatic rings. The molecule has 0 spiro atoms. The molecule has 2 rings (SSSR count). The number of alkyl halides is 3. The molecule has 0 aliphatic carbocycles. The molecule has 0 atom stereocenters. The maximum Gasteiger partial charge on any atom is 0.420 e. The third-order valence-corrected chi connectivity index (χ3v) is 3.54. The lowest BCUT2D eigenvalue weighted by molar-refractivity contribution is -0.137. The third kappa shape index (κ3) is 3.53. The number of rotatable bonds is 4. The van der Waals surface area contributed by atoms with Gasteiger partial charge in [-0.2, -0.15) is 13.2 Å². The van der Waals surface area contributed by atoms with Gasteiger partial charge < -0.3 is 15.2 Å². The van der Waals surface area contributed by atoms with Gasteiger partial charge in [0.1, 0.15) is 22.8 Å². The molecule has 2 aromatic rings. The van der Waals surface area contributed by atoms with Gasteiger partial charge in [-0.25, -0.2) is 0 Å². The predicted octanol–water partition coefficient (Wildman–Crippen LogP) is 3.22. The summed E-state index contributed by atoms with van der Waals surface area (Å²) in [6, 6.07) is 6.97. The van der Waals surface area contributed by atoms with Crippen LogP contribution in [0.2, 0.25) is 0 Å². The van der Waals surface area contributed by atoms with Gasteiger partial charge in [-0.1, -0.05) is 30.4 Å². The Morgan fingerprint density at radius 1 is 1.26 bits per heavy atom. The summed E-state index contributed by atoms with van der Waals surface area (Å²) in [7, 11) is 1.17. The molecule has 0 saturated heterocycles. The highest BCUT2D eigenvalue weighted by molar-refractivity contribution is 7.80. The molecule has 23 heavy (non-hydrogen) atoms. The number of carboxylic acid groups (broad SMARTS) is 1. The Morgan fingerprint density at radius 3 is 2.52 bits per heavy atom. The van der Waals surface area contributed by atoms with E-state index in [0.29, 0.717) is 5.56 Å². The van der Waals surface area contributed by atoms with Gasteiger partial charge in [-0.15, -0.1) is 0 Å². The standard InChI is InChI=1S/C15H12F3NO3S/c1-22-11-6-5-8-9(13(11)15(16,17)18)3-2-4-10(8)14(23)19-7-12(20)21/h2-6H,7H2,1H3,(H,19,23)(H,20,21). The van der Waals surface area contributed by atoms with Crippen molar-refractivity contribution in [3.8, 4) is 5.75 Å². The van der Waals surface area contributed by atoms with Crippen molar-refractivity contribution in [1.29, 1.82) is 0 Å². The van der Waals surface area contributed by atoms with Crippen LogP contribution in [0.1, 0.15) is 11.1 Å². The molecule has 0 unspecified atom stereocenters. The zero-order chi connectivity index (χ0) is 17.2. The molecular weight excluding hydrogens is 331 g/mol. The highest BCUT2D eigenvalue weighted by Crippen LogP contribution is 2.41. The number of nitrogens with one attached hydrogen (secondary N) is 1. The van der Waals surface area contributed by atoms with Crippen LogP contribution in [0.15, 0.2) is 30.3 Å². The van der Waals surface area contributed by atoms with E-state index >= 15 is 0 Å². The summed E-state index contributed by atoms with van der Waals surface area (Å²) in [5.74, 6) is -1.41. The molecule has 0 radical (unpaired) electrons. The molecule has 0 aliphatic heterocycles. The molecular formula is C15H12F3NO3S. The lowest BCUT2D eigenvalue weighted by Crippen LogP contribution is -2.28. The van der Waals surface area contributed by atoms with E-state index < -0.39 is 24.3 Å². The van der Waals surface area contributed by atoms with Crippen LogP contribution < -0.4 is 10.1 Å². The molecule has 0 heterocycles. The second kappa shape index (κ2) is 6.41. The van der Waals surface area contributed by atoms with E-state index in [1.54, 1.807) is 0 Å². The first-order chi connectivity index (χ1) is 10.8. The van der Waals surface area contributed by atoms with Crippen molar-refractivity contribution in [2.24, 2.45) is 0 Å². The largest absolute Gasteiger partial charge is 0.496 e. The highest BCUT2D eigenvalue weighted by Gasteiger charge is 2.36. The lowest BCUT2D eigenvalue weighted by atomic mass is 9.98. The van der Waals surface area contributed by atoms with Crippen LogP contribution in [-0.4, -0.2) is 29.7 Å². The van der Waals surface area contributed by atoms with Crippen LogP contribution in [0, 0.1) is 0 Å². The van der Waals surface area contributed by atoms with E-state index in [2.05, 4.69) is 5.32 Å². The van der Waals surface area contributed by atoms with Gasteiger partial charge in [-0.3, -0.25) is 4.79 Å². The van der Waals surface area contributed by atoms with Gasteiger partial charge in [0.15, 0.2) is 0 Å². The Balaban J connectivity index is 2.63. The summed E-state index contributed by atoms with van der Waals surface area (Å²) in [4.78, 5) is 10.6. The minimum atomic E-state index is -4.60. The van der Waals surface area contributed by atoms with Crippen molar-refractivity contribution in [2.75, 3.05) is 13.7 Å². The second-order valence-electron chi connectivity index (χ2n) is 4.62. The van der Waals surface area contributed by atoms with Crippen LogP contribution in [0.5, 0.6) is 5.75 Å². The molecule has 0 aromatic heterocycles. The van der Waals surface area contributed by atoms with E-state index in [9.17, 15) is 18.0 Å². The average molecular weight is 343 g/mol. The third-order valence-electron chi connectivity index (χ3n) is 3.17. The Kier molecular flexibility index (Phi) is 4.74. The summed E-state index contributed by atoms with van der Waals surface area (Å²) in [6.07, 6.45) is -4.60. The SMILES string of the molecule is COc1ccc2c(C(=S)NCC(=O)O)cccc2c1C(F)(F)F. The maximum absolute atomic E-state index is 13.3. The second-order valence-corrected chi connectivity index (χ2v) is 5.03. The van der Waals surface area contributed by atoms with Crippen molar-refractivity contribution < 1.29 is 27.8 Å². The number of carboxylic acids is 1. The number of benzene rings is 2. The van der Waals surface area contributed by atoms with Gasteiger partial charge in [0.2, 0.25) is 0 Å². The Morgan fingerprint density at radius 2 is 1.96 bits per heavy atom. The fourth-order valence-corrected chi connectivity index (χ4v) is 2.50. The molecule has 2 N–H and O–H groups in total. The van der Waals surface area contributed by atoms with Gasteiger partial charge >= 0.3 is 12.1 Å². The Bertz CT molecular complexity index is 774. The molecule has 4 nitrogen and oxygen atoms in total. The average Bonchev–Trinajstić information content (AvgIpc) is 2.49. The number of ether oxygens (including phenoxy) is 1. The highest BCUT2D eigenvalue weighted by atomic mass is 32.1. The number of aliphatic carboxylic acids is 1. The molecule has 122 valence electrons. The van der Waals surface area contributed by atoms with Gasteiger partial charge in [-0.05, 0) is 22.9 Å². The molecule has 0 fully saturated rings. The number of hydrogen-bond donors (Lipinski definition) is 2. The van der Waals surface area contributed by atoms with Crippen LogP contribution in [0.25, 0.3) is 10.8 Å². The summed E-state index contributed by atoms with van der Waals surface area (Å²) < 4.78 is 44.9. The Hall–Kier alpha value is -2.35. The maximum atomic E-state index is 13.3. The van der Waals surface area contributed by atoms with Crippen molar-refractivity contribution in [1.82, 2.24) is 5.32 Å². The Labute approximate surface area is 134 Å². The van der Waals surface area contributed by atoms with Gasteiger partial charge in [0.05, 0.1) is 7.11 Å². The topological polar surface area (TPSA) is 58.6 Å². The number of hydrogen-bond acceptors (Lipinski definition) is 3. The van der Waals surface area contributed by atoms with Crippen molar-refractivity contribution >= 4 is 33.9 Å². The van der Waals surface area contributed by atoms with E-state index in [-0.39, 0.29) is 21.5 Å². The molecule has 8 heteroatoms. The van der Waals surface area contributed by atoms with Crippen LogP contribution >= 0.6 is 12.2 Å². The number of thiocarbonyl (C=S) groups is 1. The first-order valence-corrected chi connectivity index (χ1v) is 6.83. The number of methoxy groups -OCH3 is 1. The minimum Gasteiger partial charge on any atom is -0.496 e. The fraction of sp³-hybridized carbons (Fsp3) is 0.200. The van der Waals surface area contributed by atoms with Gasteiger partial charge in [0.25, 0.3) is 0 Å². The predicted molar refractivity (Wildman–Crippen MR) is 82.8 cm³/mol. The lowest BCUT2D eigenvalue weighted by Gasteiger charge is -2.17. The minimum absolute atomic E-state index is 0.0613. The van der Waals surface area contributed by atoms with Crippen molar-refractivity contribution in [2.45, 2.75) is 6.18 Å². The monoisotopic (exact) mass is 343 g/mol. The molecule has 0 amide bonds. The van der Waals surface area contributed by atoms with Crippen molar-refractivity contribution in [3.63, 3.8) is 0 Å². The smallest absolute Gasteiger partial charge is 0.420 e. The first-order valence-electron chi connectivity index (χ1n) is 6.42. The summed E-state index contributed by atoms with van der Waals surface area (Å²) in [6.45, 7) is -0.419. The summed E-state index contributed by atoms with van der Waals surface area (Å²) in [5.41, 5.74) is -0.563. The quantitative estimate of drug-likeness (QED) is 0.835. The number of halogens is 3. The van der Waals surface area contributed by atoms with Gasteiger partial charge in [0, 0.05) is 5.56 Å². The number of carbonyl (C=O) groups is 1. The zero-order valence-corrected chi connectivity index (χ0v) is 12.7. The van der Waals surface area contributed by atoms with E-state index in [1.165, 1.54) is 37.4 Å². The van der Waals surface area contributed by atoms with Crippen molar-refractivity contribution in [3.05, 3.63) is 41.5 Å². The first kappa shape index (κ1) is 17.0. The fourth-order valence-electron chi connectivity index (χ4n) is 2.25. The van der Waals surface area contributed by atoms with Crippen LogP contribution in [0.3, 0.4) is 0 Å². The van der Waals surface area contributed by atoms with Crippen LogP contribution in [0.4, 0.5) is 13.2 Å². The molecule has 0 saturated carbocycles. The summed E-state index contributed by atoms with van der Waals surface area (Å²) in [5, 5.41) is 11.4. The molecule has 0 bridgehead atoms. The summed E-state index contributed by atoms with van der Waals surface area (Å²) >= 11 is 5.08. The number of fused-ring (bicyclic) bond motifs is 1. The molecule has 2 aromatic carbocycles.